The van der Waals surface area contributed by atoms with Crippen LogP contribution in [0.25, 0.3) is 10.6 Å². The second-order valence-corrected chi connectivity index (χ2v) is 6.71. The molecule has 1 atom stereocenters. The first kappa shape index (κ1) is 16.8. The first-order valence-electron chi connectivity index (χ1n) is 8.18. The molecule has 24 heavy (non-hydrogen) atoms. The molecule has 3 rings (SSSR count). The quantitative estimate of drug-likeness (QED) is 0.653. The number of nitrogens with zero attached hydrogens (tertiary/aromatic N) is 1. The molecule has 0 aliphatic carbocycles. The predicted octanol–water partition coefficient (Wildman–Crippen LogP) is 5.36. The maximum atomic E-state index is 13.0. The lowest BCUT2D eigenvalue weighted by molar-refractivity contribution is 0.569. The molecule has 0 saturated carbocycles. The zero-order valence-electron chi connectivity index (χ0n) is 13.9. The van der Waals surface area contributed by atoms with E-state index < -0.39 is 0 Å². The van der Waals surface area contributed by atoms with Crippen molar-refractivity contribution in [2.75, 3.05) is 0 Å². The topological polar surface area (TPSA) is 24.9 Å². The van der Waals surface area contributed by atoms with E-state index in [0.717, 1.165) is 22.7 Å². The van der Waals surface area contributed by atoms with Gasteiger partial charge in [0.25, 0.3) is 0 Å². The molecule has 1 unspecified atom stereocenters. The van der Waals surface area contributed by atoms with E-state index in [4.69, 9.17) is 0 Å². The number of hydrogen-bond acceptors (Lipinski definition) is 3. The predicted molar refractivity (Wildman–Crippen MR) is 98.6 cm³/mol. The van der Waals surface area contributed by atoms with Crippen LogP contribution in [0.15, 0.2) is 53.9 Å². The van der Waals surface area contributed by atoms with Gasteiger partial charge < -0.3 is 5.32 Å². The second kappa shape index (κ2) is 7.69. The van der Waals surface area contributed by atoms with Gasteiger partial charge in [-0.3, -0.25) is 0 Å². The number of benzene rings is 2. The Labute approximate surface area is 146 Å². The smallest absolute Gasteiger partial charge is 0.123 e. The summed E-state index contributed by atoms with van der Waals surface area (Å²) in [5.41, 5.74) is 4.60. The minimum Gasteiger partial charge on any atom is -0.305 e. The Hall–Kier alpha value is -2.04. The van der Waals surface area contributed by atoms with Gasteiger partial charge in [0.2, 0.25) is 0 Å². The molecule has 2 nitrogen and oxygen atoms in total. The molecule has 124 valence electrons. The lowest BCUT2D eigenvalue weighted by Crippen LogP contribution is -2.18. The van der Waals surface area contributed by atoms with Crippen LogP contribution >= 0.6 is 11.3 Å². The fourth-order valence-electron chi connectivity index (χ4n) is 2.53. The Morgan fingerprint density at radius 3 is 2.46 bits per heavy atom. The summed E-state index contributed by atoms with van der Waals surface area (Å²) in [5, 5.41) is 6.49. The molecular formula is C20H21FN2S. The SMILES string of the molecule is CCc1ccc(C(C)NCc2csc(-c3ccc(F)cc3)n2)cc1. The highest BCUT2D eigenvalue weighted by molar-refractivity contribution is 7.13. The highest BCUT2D eigenvalue weighted by atomic mass is 32.1. The fraction of sp³-hybridized carbons (Fsp3) is 0.250. The number of nitrogens with one attached hydrogen (secondary N) is 1. The van der Waals surface area contributed by atoms with Crippen LogP contribution in [0.5, 0.6) is 0 Å². The number of aromatic nitrogens is 1. The van der Waals surface area contributed by atoms with Crippen molar-refractivity contribution in [2.24, 2.45) is 0 Å². The van der Waals surface area contributed by atoms with Gasteiger partial charge in [-0.1, -0.05) is 31.2 Å². The zero-order chi connectivity index (χ0) is 16.9. The highest BCUT2D eigenvalue weighted by Crippen LogP contribution is 2.24. The van der Waals surface area contributed by atoms with Gasteiger partial charge in [0.15, 0.2) is 0 Å². The average Bonchev–Trinajstić information content (AvgIpc) is 3.09. The van der Waals surface area contributed by atoms with E-state index in [0.29, 0.717) is 6.54 Å². The summed E-state index contributed by atoms with van der Waals surface area (Å²) in [6, 6.07) is 15.5. The summed E-state index contributed by atoms with van der Waals surface area (Å²) in [6.07, 6.45) is 1.06. The Morgan fingerprint density at radius 1 is 1.08 bits per heavy atom. The van der Waals surface area contributed by atoms with Crippen molar-refractivity contribution in [2.45, 2.75) is 32.9 Å². The van der Waals surface area contributed by atoms with Crippen molar-refractivity contribution in [3.05, 3.63) is 76.5 Å². The number of rotatable bonds is 6. The van der Waals surface area contributed by atoms with Crippen LogP contribution in [0.3, 0.4) is 0 Å². The Bertz CT molecular complexity index is 778. The standard InChI is InChI=1S/C20H21FN2S/c1-3-15-4-6-16(7-5-15)14(2)22-12-19-13-24-20(23-19)17-8-10-18(21)11-9-17/h4-11,13-14,22H,3,12H2,1-2H3. The first-order chi connectivity index (χ1) is 11.7. The second-order valence-electron chi connectivity index (χ2n) is 5.85. The van der Waals surface area contributed by atoms with Crippen LogP contribution in [0.4, 0.5) is 4.39 Å². The van der Waals surface area contributed by atoms with Crippen molar-refractivity contribution in [1.29, 1.82) is 0 Å². The van der Waals surface area contributed by atoms with Gasteiger partial charge >= 0.3 is 0 Å². The lowest BCUT2D eigenvalue weighted by atomic mass is 10.1. The summed E-state index contributed by atoms with van der Waals surface area (Å²) in [7, 11) is 0. The van der Waals surface area contributed by atoms with Gasteiger partial charge in [0.05, 0.1) is 5.69 Å². The molecule has 1 N–H and O–H groups in total. The summed E-state index contributed by atoms with van der Waals surface area (Å²) in [6.45, 7) is 5.04. The molecule has 0 spiro atoms. The van der Waals surface area contributed by atoms with Gasteiger partial charge in [-0.25, -0.2) is 9.37 Å². The third kappa shape index (κ3) is 4.08. The molecular weight excluding hydrogens is 319 g/mol. The molecule has 0 fully saturated rings. The van der Waals surface area contributed by atoms with Crippen LogP contribution < -0.4 is 5.32 Å². The summed E-state index contributed by atoms with van der Waals surface area (Å²) >= 11 is 1.59. The van der Waals surface area contributed by atoms with Crippen LogP contribution in [-0.4, -0.2) is 4.98 Å². The van der Waals surface area contributed by atoms with Crippen molar-refractivity contribution >= 4 is 11.3 Å². The average molecular weight is 340 g/mol. The zero-order valence-corrected chi connectivity index (χ0v) is 14.7. The van der Waals surface area contributed by atoms with E-state index in [1.807, 2.05) is 0 Å². The molecule has 0 saturated heterocycles. The van der Waals surface area contributed by atoms with Gasteiger partial charge in [-0.2, -0.15) is 0 Å². The normalized spacial score (nSPS) is 12.3. The molecule has 4 heteroatoms. The minimum absolute atomic E-state index is 0.222. The van der Waals surface area contributed by atoms with Gasteiger partial charge in [-0.05, 0) is 48.7 Å². The van der Waals surface area contributed by atoms with Crippen molar-refractivity contribution in [3.8, 4) is 10.6 Å². The van der Waals surface area contributed by atoms with Crippen LogP contribution in [-0.2, 0) is 13.0 Å². The molecule has 2 aromatic carbocycles. The van der Waals surface area contributed by atoms with Crippen molar-refractivity contribution in [3.63, 3.8) is 0 Å². The molecule has 1 aromatic heterocycles. The van der Waals surface area contributed by atoms with Crippen LogP contribution in [0.1, 0.15) is 36.7 Å². The number of halogens is 1. The largest absolute Gasteiger partial charge is 0.305 e. The van der Waals surface area contributed by atoms with Gasteiger partial charge in [0, 0.05) is 23.5 Å². The van der Waals surface area contributed by atoms with E-state index in [-0.39, 0.29) is 11.9 Å². The van der Waals surface area contributed by atoms with E-state index in [9.17, 15) is 4.39 Å². The number of thiazole rings is 1. The van der Waals surface area contributed by atoms with Crippen LogP contribution in [0, 0.1) is 5.82 Å². The maximum Gasteiger partial charge on any atom is 0.123 e. The van der Waals surface area contributed by atoms with E-state index in [1.54, 1.807) is 23.5 Å². The third-order valence-electron chi connectivity index (χ3n) is 4.12. The van der Waals surface area contributed by atoms with E-state index in [1.165, 1.54) is 23.3 Å². The first-order valence-corrected chi connectivity index (χ1v) is 9.06. The van der Waals surface area contributed by atoms with E-state index >= 15 is 0 Å². The Morgan fingerprint density at radius 2 is 1.79 bits per heavy atom. The van der Waals surface area contributed by atoms with Crippen molar-refractivity contribution in [1.82, 2.24) is 10.3 Å². The fourth-order valence-corrected chi connectivity index (χ4v) is 3.36. The number of aryl methyl sites for hydroxylation is 1. The minimum atomic E-state index is -0.222. The Kier molecular flexibility index (Phi) is 5.38. The van der Waals surface area contributed by atoms with E-state index in [2.05, 4.69) is 53.8 Å². The molecule has 0 amide bonds. The molecule has 0 aliphatic heterocycles. The molecule has 0 aliphatic rings. The molecule has 0 radical (unpaired) electrons. The van der Waals surface area contributed by atoms with Gasteiger partial charge in [-0.15, -0.1) is 11.3 Å². The Balaban J connectivity index is 1.61. The van der Waals surface area contributed by atoms with Gasteiger partial charge in [0.1, 0.15) is 10.8 Å². The summed E-state index contributed by atoms with van der Waals surface area (Å²) < 4.78 is 13.0. The van der Waals surface area contributed by atoms with Crippen LogP contribution in [0.2, 0.25) is 0 Å². The van der Waals surface area contributed by atoms with Crippen molar-refractivity contribution < 1.29 is 4.39 Å². The molecule has 1 heterocycles. The molecule has 0 bridgehead atoms. The summed E-state index contributed by atoms with van der Waals surface area (Å²) in [4.78, 5) is 4.64. The highest BCUT2D eigenvalue weighted by Gasteiger charge is 2.08. The third-order valence-corrected chi connectivity index (χ3v) is 5.06. The number of hydrogen-bond donors (Lipinski definition) is 1. The lowest BCUT2D eigenvalue weighted by Gasteiger charge is -2.13. The monoisotopic (exact) mass is 340 g/mol. The summed E-state index contributed by atoms with van der Waals surface area (Å²) in [5.74, 6) is -0.222. The maximum absolute atomic E-state index is 13.0. The molecule has 3 aromatic rings.